The lowest BCUT2D eigenvalue weighted by atomic mass is 10.0. The number of aryl methyl sites for hydroxylation is 1. The molecule has 0 radical (unpaired) electrons. The maximum atomic E-state index is 12.7. The van der Waals surface area contributed by atoms with Gasteiger partial charge in [-0.25, -0.2) is 0 Å². The van der Waals surface area contributed by atoms with Gasteiger partial charge in [-0.3, -0.25) is 9.78 Å². The van der Waals surface area contributed by atoms with Crippen molar-refractivity contribution in [3.63, 3.8) is 0 Å². The second kappa shape index (κ2) is 6.31. The molecule has 1 atom stereocenters. The molecule has 1 unspecified atom stereocenters. The zero-order valence-electron chi connectivity index (χ0n) is 12.0. The van der Waals surface area contributed by atoms with Gasteiger partial charge in [0.15, 0.2) is 0 Å². The largest absolute Gasteiger partial charge is 0.330 e. The van der Waals surface area contributed by atoms with Crippen LogP contribution in [0.15, 0.2) is 48.8 Å². The molecule has 21 heavy (non-hydrogen) atoms. The van der Waals surface area contributed by atoms with Crippen LogP contribution >= 0.6 is 11.8 Å². The number of carbonyl (C=O) groups is 1. The third-order valence-electron chi connectivity index (χ3n) is 3.76. The van der Waals surface area contributed by atoms with E-state index in [4.69, 9.17) is 0 Å². The van der Waals surface area contributed by atoms with E-state index in [9.17, 15) is 4.79 Å². The first-order chi connectivity index (χ1) is 10.3. The topological polar surface area (TPSA) is 33.2 Å². The number of benzene rings is 1. The number of amides is 1. The summed E-state index contributed by atoms with van der Waals surface area (Å²) in [6.07, 6.45) is 3.34. The number of pyridine rings is 1. The van der Waals surface area contributed by atoms with E-state index in [1.54, 1.807) is 12.4 Å². The molecule has 0 aliphatic carbocycles. The molecule has 1 amide bonds. The molecule has 2 aromatic rings. The Morgan fingerprint density at radius 1 is 1.29 bits per heavy atom. The Bertz CT molecular complexity index is 612. The Balaban J connectivity index is 1.88. The minimum Gasteiger partial charge on any atom is -0.330 e. The van der Waals surface area contributed by atoms with Crippen molar-refractivity contribution in [2.24, 2.45) is 0 Å². The Morgan fingerprint density at radius 3 is 2.81 bits per heavy atom. The van der Waals surface area contributed by atoms with Crippen molar-refractivity contribution in [3.8, 4) is 0 Å². The second-order valence-electron chi connectivity index (χ2n) is 5.24. The fraction of sp³-hybridized carbons (Fsp3) is 0.294. The van der Waals surface area contributed by atoms with Crippen molar-refractivity contribution >= 4 is 17.7 Å². The molecule has 3 nitrogen and oxygen atoms in total. The minimum absolute atomic E-state index is 0.0778. The molecule has 4 heteroatoms. The van der Waals surface area contributed by atoms with E-state index in [0.29, 0.717) is 5.56 Å². The van der Waals surface area contributed by atoms with Gasteiger partial charge in [0.25, 0.3) is 5.91 Å². The monoisotopic (exact) mass is 298 g/mol. The minimum atomic E-state index is 0.0778. The summed E-state index contributed by atoms with van der Waals surface area (Å²) >= 11 is 1.91. The summed E-state index contributed by atoms with van der Waals surface area (Å²) in [4.78, 5) is 18.8. The van der Waals surface area contributed by atoms with Gasteiger partial charge in [0.05, 0.1) is 11.6 Å². The molecule has 108 valence electrons. The van der Waals surface area contributed by atoms with Crippen LogP contribution in [-0.2, 0) is 0 Å². The van der Waals surface area contributed by atoms with Crippen molar-refractivity contribution in [1.82, 2.24) is 9.88 Å². The molecule has 0 bridgehead atoms. The van der Waals surface area contributed by atoms with Crippen molar-refractivity contribution in [3.05, 3.63) is 65.5 Å². The van der Waals surface area contributed by atoms with E-state index in [1.165, 1.54) is 11.1 Å². The normalized spacial score (nSPS) is 18.5. The molecule has 0 N–H and O–H groups in total. The van der Waals surface area contributed by atoms with E-state index >= 15 is 0 Å². The maximum absolute atomic E-state index is 12.7. The highest BCUT2D eigenvalue weighted by Gasteiger charge is 2.28. The molecule has 0 spiro atoms. The zero-order chi connectivity index (χ0) is 14.7. The average Bonchev–Trinajstić information content (AvgIpc) is 2.56. The predicted molar refractivity (Wildman–Crippen MR) is 86.5 cm³/mol. The maximum Gasteiger partial charge on any atom is 0.255 e. The smallest absolute Gasteiger partial charge is 0.255 e. The van der Waals surface area contributed by atoms with Crippen molar-refractivity contribution < 1.29 is 4.79 Å². The van der Waals surface area contributed by atoms with Gasteiger partial charge in [-0.1, -0.05) is 29.8 Å². The van der Waals surface area contributed by atoms with E-state index < -0.39 is 0 Å². The lowest BCUT2D eigenvalue weighted by Gasteiger charge is -2.35. The number of hydrogen-bond acceptors (Lipinski definition) is 3. The Kier molecular flexibility index (Phi) is 4.25. The van der Waals surface area contributed by atoms with E-state index in [-0.39, 0.29) is 11.9 Å². The highest BCUT2D eigenvalue weighted by molar-refractivity contribution is 7.99. The van der Waals surface area contributed by atoms with Gasteiger partial charge in [0.1, 0.15) is 0 Å². The van der Waals surface area contributed by atoms with E-state index in [1.807, 2.05) is 28.8 Å². The summed E-state index contributed by atoms with van der Waals surface area (Å²) in [5.41, 5.74) is 3.12. The fourth-order valence-electron chi connectivity index (χ4n) is 2.57. The molecule has 1 aromatic carbocycles. The first kappa shape index (κ1) is 14.1. The van der Waals surface area contributed by atoms with Crippen LogP contribution in [0, 0.1) is 6.92 Å². The molecule has 1 aliphatic heterocycles. The molecular weight excluding hydrogens is 280 g/mol. The number of nitrogens with zero attached hydrogens (tertiary/aromatic N) is 2. The second-order valence-corrected chi connectivity index (χ2v) is 6.39. The first-order valence-corrected chi connectivity index (χ1v) is 8.26. The van der Waals surface area contributed by atoms with Gasteiger partial charge in [-0.15, -0.1) is 0 Å². The van der Waals surface area contributed by atoms with Gasteiger partial charge >= 0.3 is 0 Å². The van der Waals surface area contributed by atoms with Crippen LogP contribution in [0.4, 0.5) is 0 Å². The van der Waals surface area contributed by atoms with Gasteiger partial charge in [-0.05, 0) is 24.6 Å². The third kappa shape index (κ3) is 3.10. The molecule has 2 heterocycles. The molecule has 1 aromatic heterocycles. The Morgan fingerprint density at radius 2 is 2.10 bits per heavy atom. The number of rotatable bonds is 2. The number of carbonyl (C=O) groups excluding carboxylic acids is 1. The van der Waals surface area contributed by atoms with Gasteiger partial charge in [0.2, 0.25) is 0 Å². The molecule has 1 saturated heterocycles. The Labute approximate surface area is 129 Å². The summed E-state index contributed by atoms with van der Waals surface area (Å²) in [7, 11) is 0. The van der Waals surface area contributed by atoms with Crippen molar-refractivity contribution in [1.29, 1.82) is 0 Å². The fourth-order valence-corrected chi connectivity index (χ4v) is 3.65. The van der Waals surface area contributed by atoms with Gasteiger partial charge < -0.3 is 4.90 Å². The number of hydrogen-bond donors (Lipinski definition) is 0. The van der Waals surface area contributed by atoms with Crippen molar-refractivity contribution in [2.75, 3.05) is 18.1 Å². The van der Waals surface area contributed by atoms with Crippen LogP contribution in [-0.4, -0.2) is 33.8 Å². The van der Waals surface area contributed by atoms with Gasteiger partial charge in [-0.2, -0.15) is 11.8 Å². The number of thioether (sulfide) groups is 1. The highest BCUT2D eigenvalue weighted by atomic mass is 32.2. The van der Waals surface area contributed by atoms with E-state index in [2.05, 4.69) is 36.2 Å². The van der Waals surface area contributed by atoms with Crippen LogP contribution in [0.25, 0.3) is 0 Å². The van der Waals surface area contributed by atoms with Gasteiger partial charge in [0, 0.05) is 30.4 Å². The Hall–Kier alpha value is -1.81. The summed E-state index contributed by atoms with van der Waals surface area (Å²) in [5, 5.41) is 0. The van der Waals surface area contributed by atoms with Crippen LogP contribution < -0.4 is 0 Å². The predicted octanol–water partition coefficient (Wildman–Crippen LogP) is 3.32. The van der Waals surface area contributed by atoms with Crippen molar-refractivity contribution in [2.45, 2.75) is 13.0 Å². The molecule has 3 rings (SSSR count). The quantitative estimate of drug-likeness (QED) is 0.852. The molecular formula is C17H18N2OS. The number of aromatic nitrogens is 1. The molecule has 1 aliphatic rings. The lowest BCUT2D eigenvalue weighted by molar-refractivity contribution is 0.0701. The van der Waals surface area contributed by atoms with E-state index in [0.717, 1.165) is 18.1 Å². The molecule has 1 fully saturated rings. The third-order valence-corrected chi connectivity index (χ3v) is 4.78. The van der Waals surface area contributed by atoms with Crippen LogP contribution in [0.2, 0.25) is 0 Å². The summed E-state index contributed by atoms with van der Waals surface area (Å²) < 4.78 is 0. The van der Waals surface area contributed by atoms with Crippen LogP contribution in [0.1, 0.15) is 27.5 Å². The highest BCUT2D eigenvalue weighted by Crippen LogP contribution is 2.30. The lowest BCUT2D eigenvalue weighted by Crippen LogP contribution is -2.40. The van der Waals surface area contributed by atoms with Crippen LogP contribution in [0.5, 0.6) is 0 Å². The summed E-state index contributed by atoms with van der Waals surface area (Å²) in [6.45, 7) is 2.87. The first-order valence-electron chi connectivity index (χ1n) is 7.11. The average molecular weight is 298 g/mol. The summed E-state index contributed by atoms with van der Waals surface area (Å²) in [5.74, 6) is 2.03. The molecule has 0 saturated carbocycles. The summed E-state index contributed by atoms with van der Waals surface area (Å²) in [6, 6.07) is 12.3. The van der Waals surface area contributed by atoms with Crippen LogP contribution in [0.3, 0.4) is 0 Å². The zero-order valence-corrected chi connectivity index (χ0v) is 12.8. The standard InChI is InChI=1S/C17H18N2OS/c1-13-4-6-14(7-5-13)16-12-21-10-9-19(16)17(20)15-3-2-8-18-11-15/h2-8,11,16H,9-10,12H2,1H3. The SMILES string of the molecule is Cc1ccc(C2CSCCN2C(=O)c2cccnc2)cc1.